The number of piperidine rings is 1. The number of ether oxygens (including phenoxy) is 1. The number of esters is 1. The summed E-state index contributed by atoms with van der Waals surface area (Å²) in [6, 6.07) is 15.2. The van der Waals surface area contributed by atoms with Crippen LogP contribution in [0.2, 0.25) is 0 Å². The van der Waals surface area contributed by atoms with Crippen LogP contribution in [0.15, 0.2) is 60.9 Å². The zero-order chi connectivity index (χ0) is 20.1. The van der Waals surface area contributed by atoms with E-state index in [1.807, 2.05) is 23.0 Å². The van der Waals surface area contributed by atoms with Crippen LogP contribution in [-0.4, -0.2) is 40.7 Å². The Kier molecular flexibility index (Phi) is 6.06. The molecule has 3 aromatic rings. The summed E-state index contributed by atoms with van der Waals surface area (Å²) in [6.45, 7) is 2.17. The highest BCUT2D eigenvalue weighted by molar-refractivity contribution is 5.86. The van der Waals surface area contributed by atoms with Crippen molar-refractivity contribution < 1.29 is 9.53 Å². The van der Waals surface area contributed by atoms with Crippen LogP contribution < -0.4 is 0 Å². The number of hydrogen-bond donors (Lipinski definition) is 0. The number of rotatable bonds is 6. The van der Waals surface area contributed by atoms with Crippen molar-refractivity contribution in [2.45, 2.75) is 31.7 Å². The molecule has 0 spiro atoms. The molecule has 5 nitrogen and oxygen atoms in total. The Labute approximate surface area is 171 Å². The molecular weight excluding hydrogens is 362 g/mol. The smallest absolute Gasteiger partial charge is 0.330 e. The predicted octanol–water partition coefficient (Wildman–Crippen LogP) is 4.29. The molecule has 5 heteroatoms. The van der Waals surface area contributed by atoms with Gasteiger partial charge >= 0.3 is 5.97 Å². The van der Waals surface area contributed by atoms with Crippen molar-refractivity contribution >= 4 is 17.6 Å². The monoisotopic (exact) mass is 389 g/mol. The second-order valence-electron chi connectivity index (χ2n) is 7.52. The first-order chi connectivity index (χ1) is 14.2. The van der Waals surface area contributed by atoms with Crippen LogP contribution in [0.3, 0.4) is 0 Å². The maximum atomic E-state index is 11.3. The van der Waals surface area contributed by atoms with Crippen LogP contribution in [0.25, 0.3) is 11.6 Å². The first-order valence-corrected chi connectivity index (χ1v) is 10.3. The van der Waals surface area contributed by atoms with Crippen LogP contribution in [0.5, 0.6) is 0 Å². The van der Waals surface area contributed by atoms with Gasteiger partial charge in [0.15, 0.2) is 0 Å². The second-order valence-corrected chi connectivity index (χ2v) is 7.52. The lowest BCUT2D eigenvalue weighted by Crippen LogP contribution is -2.35. The second kappa shape index (κ2) is 9.05. The lowest BCUT2D eigenvalue weighted by molar-refractivity contribution is -0.134. The van der Waals surface area contributed by atoms with Gasteiger partial charge in [0.1, 0.15) is 0 Å². The van der Waals surface area contributed by atoms with Crippen molar-refractivity contribution in [1.29, 1.82) is 0 Å². The number of likely N-dealkylation sites (tertiary alicyclic amines) is 1. The lowest BCUT2D eigenvalue weighted by Gasteiger charge is -2.36. The molecule has 1 aliphatic rings. The molecule has 150 valence electrons. The Hall–Kier alpha value is -2.92. The van der Waals surface area contributed by atoms with Gasteiger partial charge in [-0.05, 0) is 60.7 Å². The van der Waals surface area contributed by atoms with Crippen molar-refractivity contribution in [3.8, 4) is 0 Å². The maximum absolute atomic E-state index is 11.3. The number of pyridine rings is 1. The van der Waals surface area contributed by atoms with Gasteiger partial charge in [-0.1, -0.05) is 36.8 Å². The van der Waals surface area contributed by atoms with Crippen molar-refractivity contribution in [1.82, 2.24) is 14.5 Å². The summed E-state index contributed by atoms with van der Waals surface area (Å²) in [7, 11) is 1.39. The summed E-state index contributed by atoms with van der Waals surface area (Å²) in [5.41, 5.74) is 4.86. The summed E-state index contributed by atoms with van der Waals surface area (Å²) in [5, 5.41) is 4.46. The normalized spacial score (nSPS) is 17.8. The zero-order valence-corrected chi connectivity index (χ0v) is 16.8. The number of aromatic nitrogens is 2. The minimum atomic E-state index is -0.333. The van der Waals surface area contributed by atoms with E-state index in [1.165, 1.54) is 49.1 Å². The van der Waals surface area contributed by atoms with Gasteiger partial charge in [0.05, 0.1) is 18.8 Å². The van der Waals surface area contributed by atoms with Crippen molar-refractivity contribution in [3.63, 3.8) is 0 Å². The average molecular weight is 389 g/mol. The van der Waals surface area contributed by atoms with Crippen molar-refractivity contribution in [3.05, 3.63) is 77.6 Å². The number of hydrogen-bond acceptors (Lipinski definition) is 4. The van der Waals surface area contributed by atoms with Gasteiger partial charge in [-0.3, -0.25) is 4.90 Å². The fourth-order valence-electron chi connectivity index (χ4n) is 4.14. The first-order valence-electron chi connectivity index (χ1n) is 10.3. The molecule has 1 atom stereocenters. The first kappa shape index (κ1) is 19.4. The Morgan fingerprint density at radius 2 is 2.07 bits per heavy atom. The van der Waals surface area contributed by atoms with E-state index < -0.39 is 0 Å². The van der Waals surface area contributed by atoms with Gasteiger partial charge in [0.2, 0.25) is 0 Å². The van der Waals surface area contributed by atoms with Gasteiger partial charge in [0.25, 0.3) is 0 Å². The van der Waals surface area contributed by atoms with E-state index in [1.54, 1.807) is 6.08 Å². The third kappa shape index (κ3) is 4.57. The molecule has 1 aliphatic heterocycles. The minimum Gasteiger partial charge on any atom is -0.466 e. The Bertz CT molecular complexity index is 991. The molecule has 0 N–H and O–H groups in total. The summed E-state index contributed by atoms with van der Waals surface area (Å²) in [6.07, 6.45) is 12.0. The largest absolute Gasteiger partial charge is 0.466 e. The number of benzene rings is 1. The number of carbonyl (C=O) groups excluding carboxylic acids is 1. The molecule has 0 amide bonds. The number of methoxy groups -OCH3 is 1. The third-order valence-corrected chi connectivity index (χ3v) is 5.72. The maximum Gasteiger partial charge on any atom is 0.330 e. The molecule has 1 fully saturated rings. The van der Waals surface area contributed by atoms with Crippen molar-refractivity contribution in [2.75, 3.05) is 20.2 Å². The van der Waals surface area contributed by atoms with E-state index in [0.717, 1.165) is 25.1 Å². The molecule has 0 bridgehead atoms. The summed E-state index contributed by atoms with van der Waals surface area (Å²) in [5.74, 6) is -0.333. The fourth-order valence-corrected chi connectivity index (χ4v) is 4.14. The number of nitrogens with zero attached hydrogens (tertiary/aromatic N) is 3. The third-order valence-electron chi connectivity index (χ3n) is 5.72. The molecular formula is C24H27N3O2. The van der Waals surface area contributed by atoms with E-state index in [0.29, 0.717) is 6.04 Å². The molecule has 0 saturated carbocycles. The fraction of sp³-hybridized carbons (Fsp3) is 0.333. The zero-order valence-electron chi connectivity index (χ0n) is 16.8. The summed E-state index contributed by atoms with van der Waals surface area (Å²) < 4.78 is 6.60. The van der Waals surface area contributed by atoms with E-state index in [2.05, 4.69) is 51.1 Å². The Morgan fingerprint density at radius 3 is 2.90 bits per heavy atom. The average Bonchev–Trinajstić information content (AvgIpc) is 3.20. The highest BCUT2D eigenvalue weighted by Gasteiger charge is 2.23. The topological polar surface area (TPSA) is 46.8 Å². The predicted molar refractivity (Wildman–Crippen MR) is 115 cm³/mol. The molecule has 4 rings (SSSR count). The molecule has 29 heavy (non-hydrogen) atoms. The lowest BCUT2D eigenvalue weighted by atomic mass is 9.94. The van der Waals surface area contributed by atoms with Crippen LogP contribution >= 0.6 is 0 Å². The number of carbonyl (C=O) groups is 1. The van der Waals surface area contributed by atoms with E-state index in [9.17, 15) is 4.79 Å². The molecule has 1 saturated heterocycles. The SMILES string of the molecule is COC(=O)/C=C/c1ccc([C@@H]2CCCCN2CCc2cnn3ccccc23)cc1. The van der Waals surface area contributed by atoms with Crippen LogP contribution in [0.1, 0.15) is 42.0 Å². The Balaban J connectivity index is 1.44. The summed E-state index contributed by atoms with van der Waals surface area (Å²) in [4.78, 5) is 13.9. The minimum absolute atomic E-state index is 0.333. The Morgan fingerprint density at radius 1 is 1.21 bits per heavy atom. The molecule has 1 aromatic carbocycles. The van der Waals surface area contributed by atoms with Gasteiger partial charge in [-0.15, -0.1) is 0 Å². The standard InChI is InChI=1S/C24H27N3O2/c1-29-24(28)13-10-19-8-11-20(12-9-19)22-6-2-4-15-26(22)17-14-21-18-25-27-16-5-3-7-23(21)27/h3,5,7-13,16,18,22H,2,4,6,14-15,17H2,1H3/b13-10+/t22-/m0/s1. The number of fused-ring (bicyclic) bond motifs is 1. The molecule has 0 unspecified atom stereocenters. The van der Waals surface area contributed by atoms with Gasteiger partial charge in [-0.2, -0.15) is 5.10 Å². The van der Waals surface area contributed by atoms with E-state index >= 15 is 0 Å². The quantitative estimate of drug-likeness (QED) is 0.466. The van der Waals surface area contributed by atoms with Gasteiger partial charge < -0.3 is 4.74 Å². The van der Waals surface area contributed by atoms with Crippen LogP contribution in [0.4, 0.5) is 0 Å². The summed E-state index contributed by atoms with van der Waals surface area (Å²) >= 11 is 0. The van der Waals surface area contributed by atoms with Crippen LogP contribution in [-0.2, 0) is 16.0 Å². The highest BCUT2D eigenvalue weighted by atomic mass is 16.5. The van der Waals surface area contributed by atoms with Gasteiger partial charge in [-0.25, -0.2) is 9.31 Å². The molecule has 0 aliphatic carbocycles. The molecule has 2 aromatic heterocycles. The van der Waals surface area contributed by atoms with E-state index in [4.69, 9.17) is 0 Å². The van der Waals surface area contributed by atoms with E-state index in [-0.39, 0.29) is 5.97 Å². The van der Waals surface area contributed by atoms with Crippen molar-refractivity contribution in [2.24, 2.45) is 0 Å². The molecule has 0 radical (unpaired) electrons. The van der Waals surface area contributed by atoms with Gasteiger partial charge in [0, 0.05) is 24.9 Å². The highest BCUT2D eigenvalue weighted by Crippen LogP contribution is 2.31. The van der Waals surface area contributed by atoms with Crippen LogP contribution in [0, 0.1) is 0 Å². The molecule has 3 heterocycles.